The summed E-state index contributed by atoms with van der Waals surface area (Å²) in [5.74, 6) is 1.65. The normalized spacial score (nSPS) is 23.7. The van der Waals surface area contributed by atoms with Crippen LogP contribution in [0.3, 0.4) is 0 Å². The predicted molar refractivity (Wildman–Crippen MR) is 74.9 cm³/mol. The Morgan fingerprint density at radius 3 is 3.05 bits per heavy atom. The minimum absolute atomic E-state index is 0.555. The van der Waals surface area contributed by atoms with E-state index in [9.17, 15) is 0 Å². The number of methoxy groups -OCH3 is 1. The molecule has 1 fully saturated rings. The van der Waals surface area contributed by atoms with E-state index < -0.39 is 0 Å². The Bertz CT molecular complexity index is 366. The summed E-state index contributed by atoms with van der Waals surface area (Å²) < 4.78 is 7.10. The van der Waals surface area contributed by atoms with Gasteiger partial charge in [0.1, 0.15) is 6.33 Å². The van der Waals surface area contributed by atoms with Crippen molar-refractivity contribution in [2.75, 3.05) is 20.3 Å². The molecular formula is C14H26N4O. The van der Waals surface area contributed by atoms with Crippen molar-refractivity contribution in [1.29, 1.82) is 0 Å². The zero-order valence-corrected chi connectivity index (χ0v) is 12.1. The number of hydrogen-bond acceptors (Lipinski definition) is 4. The lowest BCUT2D eigenvalue weighted by Gasteiger charge is -2.30. The van der Waals surface area contributed by atoms with Crippen LogP contribution < -0.4 is 5.32 Å². The van der Waals surface area contributed by atoms with Gasteiger partial charge in [-0.25, -0.2) is 9.67 Å². The Morgan fingerprint density at radius 2 is 2.26 bits per heavy atom. The maximum absolute atomic E-state index is 5.00. The molecule has 0 amide bonds. The fraction of sp³-hybridized carbons (Fsp3) is 0.857. The van der Waals surface area contributed by atoms with Crippen LogP contribution in [0.25, 0.3) is 0 Å². The number of nitrogens with one attached hydrogen (secondary N) is 1. The van der Waals surface area contributed by atoms with Crippen LogP contribution in [-0.2, 0) is 11.3 Å². The third-order valence-electron chi connectivity index (χ3n) is 4.06. The minimum atomic E-state index is 0.555. The summed E-state index contributed by atoms with van der Waals surface area (Å²) in [5.41, 5.74) is 0. The van der Waals surface area contributed by atoms with Crippen molar-refractivity contribution in [1.82, 2.24) is 20.1 Å². The Balaban J connectivity index is 1.88. The lowest BCUT2D eigenvalue weighted by Crippen LogP contribution is -2.24. The molecule has 1 aliphatic carbocycles. The molecule has 1 heterocycles. The maximum Gasteiger partial charge on any atom is 0.164 e. The van der Waals surface area contributed by atoms with E-state index in [1.165, 1.54) is 32.1 Å². The summed E-state index contributed by atoms with van der Waals surface area (Å²) >= 11 is 0. The van der Waals surface area contributed by atoms with E-state index in [0.29, 0.717) is 6.04 Å². The molecule has 2 atom stereocenters. The Morgan fingerprint density at radius 1 is 1.42 bits per heavy atom. The second-order valence-corrected chi connectivity index (χ2v) is 5.33. The number of aromatic nitrogens is 3. The number of rotatable bonds is 7. The van der Waals surface area contributed by atoms with Crippen LogP contribution in [0.2, 0.25) is 0 Å². The fourth-order valence-corrected chi connectivity index (χ4v) is 2.94. The first kappa shape index (κ1) is 14.5. The molecule has 5 heteroatoms. The molecule has 5 nitrogen and oxygen atoms in total. The highest BCUT2D eigenvalue weighted by molar-refractivity contribution is 4.86. The van der Waals surface area contributed by atoms with Crippen molar-refractivity contribution in [3.8, 4) is 0 Å². The van der Waals surface area contributed by atoms with Gasteiger partial charge in [-0.1, -0.05) is 26.2 Å². The summed E-state index contributed by atoms with van der Waals surface area (Å²) in [6.45, 7) is 4.57. The monoisotopic (exact) mass is 266 g/mol. The molecule has 0 spiro atoms. The molecule has 0 aromatic carbocycles. The van der Waals surface area contributed by atoms with E-state index in [2.05, 4.69) is 27.0 Å². The van der Waals surface area contributed by atoms with Crippen LogP contribution in [0.1, 0.15) is 50.9 Å². The SMILES string of the molecule is CCC1CCCCC1n1cnc(CNCCOC)n1. The topological polar surface area (TPSA) is 52.0 Å². The van der Waals surface area contributed by atoms with Crippen molar-refractivity contribution in [2.24, 2.45) is 5.92 Å². The van der Waals surface area contributed by atoms with Gasteiger partial charge in [-0.3, -0.25) is 0 Å². The molecule has 108 valence electrons. The lowest BCUT2D eigenvalue weighted by molar-refractivity contribution is 0.198. The van der Waals surface area contributed by atoms with E-state index >= 15 is 0 Å². The number of hydrogen-bond donors (Lipinski definition) is 1. The summed E-state index contributed by atoms with van der Waals surface area (Å²) in [6, 6.07) is 0.555. The van der Waals surface area contributed by atoms with Gasteiger partial charge >= 0.3 is 0 Å². The molecule has 1 aromatic heterocycles. The molecule has 0 aliphatic heterocycles. The first-order valence-electron chi connectivity index (χ1n) is 7.44. The van der Waals surface area contributed by atoms with Gasteiger partial charge in [-0.05, 0) is 18.8 Å². The first-order valence-corrected chi connectivity index (χ1v) is 7.44. The number of nitrogens with zero attached hydrogens (tertiary/aromatic N) is 3. The summed E-state index contributed by atoms with van der Waals surface area (Å²) in [7, 11) is 1.71. The van der Waals surface area contributed by atoms with Crippen molar-refractivity contribution < 1.29 is 4.74 Å². The second-order valence-electron chi connectivity index (χ2n) is 5.33. The van der Waals surface area contributed by atoms with Crippen LogP contribution in [0, 0.1) is 5.92 Å². The average Bonchev–Trinajstić information content (AvgIpc) is 2.92. The van der Waals surface area contributed by atoms with E-state index in [0.717, 1.165) is 31.4 Å². The molecule has 0 bridgehead atoms. The molecule has 19 heavy (non-hydrogen) atoms. The quantitative estimate of drug-likeness (QED) is 0.768. The van der Waals surface area contributed by atoms with Crippen LogP contribution in [0.5, 0.6) is 0 Å². The summed E-state index contributed by atoms with van der Waals surface area (Å²) in [5, 5.41) is 7.91. The van der Waals surface area contributed by atoms with Gasteiger partial charge in [0.15, 0.2) is 5.82 Å². The Labute approximate surface area is 115 Å². The lowest BCUT2D eigenvalue weighted by atomic mass is 9.83. The first-order chi connectivity index (χ1) is 9.35. The van der Waals surface area contributed by atoms with Gasteiger partial charge in [0.25, 0.3) is 0 Å². The maximum atomic E-state index is 5.00. The van der Waals surface area contributed by atoms with E-state index in [-0.39, 0.29) is 0 Å². The molecule has 1 aromatic rings. The van der Waals surface area contributed by atoms with Gasteiger partial charge in [0.05, 0.1) is 19.2 Å². The van der Waals surface area contributed by atoms with Gasteiger partial charge in [0, 0.05) is 13.7 Å². The third kappa shape index (κ3) is 4.01. The van der Waals surface area contributed by atoms with Gasteiger partial charge in [0.2, 0.25) is 0 Å². The second kappa shape index (κ2) is 7.60. The predicted octanol–water partition coefficient (Wildman–Crippen LogP) is 2.16. The summed E-state index contributed by atoms with van der Waals surface area (Å²) in [4.78, 5) is 4.41. The van der Waals surface area contributed by atoms with Crippen molar-refractivity contribution in [2.45, 2.75) is 51.6 Å². The summed E-state index contributed by atoms with van der Waals surface area (Å²) in [6.07, 6.45) is 8.43. The zero-order valence-electron chi connectivity index (χ0n) is 12.1. The Hall–Kier alpha value is -0.940. The highest BCUT2D eigenvalue weighted by Crippen LogP contribution is 2.35. The highest BCUT2D eigenvalue weighted by Gasteiger charge is 2.25. The largest absolute Gasteiger partial charge is 0.383 e. The highest BCUT2D eigenvalue weighted by atomic mass is 16.5. The van der Waals surface area contributed by atoms with Crippen LogP contribution in [0.15, 0.2) is 6.33 Å². The van der Waals surface area contributed by atoms with E-state index in [1.807, 2.05) is 6.33 Å². The third-order valence-corrected chi connectivity index (χ3v) is 4.06. The smallest absolute Gasteiger partial charge is 0.164 e. The van der Waals surface area contributed by atoms with Crippen molar-refractivity contribution >= 4 is 0 Å². The Kier molecular flexibility index (Phi) is 5.79. The van der Waals surface area contributed by atoms with Crippen molar-refractivity contribution in [3.05, 3.63) is 12.2 Å². The molecule has 2 unspecified atom stereocenters. The van der Waals surface area contributed by atoms with Crippen molar-refractivity contribution in [3.63, 3.8) is 0 Å². The van der Waals surface area contributed by atoms with E-state index in [1.54, 1.807) is 7.11 Å². The van der Waals surface area contributed by atoms with E-state index in [4.69, 9.17) is 4.74 Å². The molecule has 0 radical (unpaired) electrons. The van der Waals surface area contributed by atoms with Crippen LogP contribution in [-0.4, -0.2) is 35.0 Å². The average molecular weight is 266 g/mol. The van der Waals surface area contributed by atoms with Crippen LogP contribution >= 0.6 is 0 Å². The van der Waals surface area contributed by atoms with Crippen LogP contribution in [0.4, 0.5) is 0 Å². The fourth-order valence-electron chi connectivity index (χ4n) is 2.94. The molecule has 0 saturated heterocycles. The zero-order chi connectivity index (χ0) is 13.5. The standard InChI is InChI=1S/C14H26N4O/c1-3-12-6-4-5-7-13(12)18-11-16-14(17-18)10-15-8-9-19-2/h11-13,15H,3-10H2,1-2H3. The van der Waals surface area contributed by atoms with Gasteiger partial charge in [-0.2, -0.15) is 5.10 Å². The molecule has 1 saturated carbocycles. The van der Waals surface area contributed by atoms with Gasteiger partial charge in [-0.15, -0.1) is 0 Å². The molecule has 1 N–H and O–H groups in total. The molecule has 1 aliphatic rings. The number of ether oxygens (including phenoxy) is 1. The molecule has 2 rings (SSSR count). The minimum Gasteiger partial charge on any atom is -0.383 e. The molecular weight excluding hydrogens is 240 g/mol. The van der Waals surface area contributed by atoms with Gasteiger partial charge < -0.3 is 10.1 Å².